The van der Waals surface area contributed by atoms with E-state index in [1.165, 1.54) is 0 Å². The third-order valence-corrected chi connectivity index (χ3v) is 3.39. The number of rotatable bonds is 3. The topological polar surface area (TPSA) is 49.4 Å². The van der Waals surface area contributed by atoms with Crippen molar-refractivity contribution in [2.24, 2.45) is 0 Å². The lowest BCUT2D eigenvalue weighted by atomic mass is 10.1. The van der Waals surface area contributed by atoms with Gasteiger partial charge in [-0.1, -0.05) is 0 Å². The molecule has 1 heterocycles. The van der Waals surface area contributed by atoms with Crippen LogP contribution < -0.4 is 10.2 Å². The zero-order valence-corrected chi connectivity index (χ0v) is 11.8. The summed E-state index contributed by atoms with van der Waals surface area (Å²) in [7, 11) is 0. The summed E-state index contributed by atoms with van der Waals surface area (Å²) in [5.74, 6) is -0.0691. The molecule has 0 spiro atoms. The van der Waals surface area contributed by atoms with Crippen molar-refractivity contribution < 1.29 is 9.59 Å². The highest BCUT2D eigenvalue weighted by atomic mass is 35.5. The van der Waals surface area contributed by atoms with Crippen molar-refractivity contribution in [2.45, 2.75) is 32.1 Å². The Labute approximate surface area is 117 Å². The van der Waals surface area contributed by atoms with E-state index in [9.17, 15) is 9.59 Å². The van der Waals surface area contributed by atoms with Gasteiger partial charge in [-0.2, -0.15) is 0 Å². The fraction of sp³-hybridized carbons (Fsp3) is 0.429. The number of aryl methyl sites for hydroxylation is 1. The lowest BCUT2D eigenvalue weighted by molar-refractivity contribution is -0.117. The van der Waals surface area contributed by atoms with Crippen LogP contribution in [0.15, 0.2) is 18.2 Å². The first kappa shape index (κ1) is 13.9. The monoisotopic (exact) mass is 280 g/mol. The number of amides is 2. The molecule has 1 aromatic rings. The summed E-state index contributed by atoms with van der Waals surface area (Å²) in [6.45, 7) is 4.33. The number of halogens is 1. The Morgan fingerprint density at radius 2 is 2.21 bits per heavy atom. The molecule has 5 heteroatoms. The molecule has 1 saturated heterocycles. The molecule has 1 aliphatic heterocycles. The van der Waals surface area contributed by atoms with Gasteiger partial charge in [-0.3, -0.25) is 9.59 Å². The van der Waals surface area contributed by atoms with Gasteiger partial charge in [0, 0.05) is 24.3 Å². The first-order valence-electron chi connectivity index (χ1n) is 6.35. The maximum atomic E-state index is 11.7. The van der Waals surface area contributed by atoms with E-state index < -0.39 is 5.38 Å². The highest BCUT2D eigenvalue weighted by molar-refractivity contribution is 6.32. The van der Waals surface area contributed by atoms with Crippen LogP contribution in [0.2, 0.25) is 0 Å². The Morgan fingerprint density at radius 3 is 2.74 bits per heavy atom. The lowest BCUT2D eigenvalue weighted by Gasteiger charge is -2.19. The average Bonchev–Trinajstić information content (AvgIpc) is 2.75. The van der Waals surface area contributed by atoms with Crippen molar-refractivity contribution in [2.75, 3.05) is 16.8 Å². The Bertz CT molecular complexity index is 514. The minimum atomic E-state index is -0.569. The minimum absolute atomic E-state index is 0.161. The summed E-state index contributed by atoms with van der Waals surface area (Å²) in [5.41, 5.74) is 2.58. The molecule has 1 aliphatic rings. The van der Waals surface area contributed by atoms with Crippen LogP contribution in [-0.2, 0) is 9.59 Å². The van der Waals surface area contributed by atoms with Crippen LogP contribution in [0.1, 0.15) is 25.3 Å². The number of hydrogen-bond acceptors (Lipinski definition) is 2. The van der Waals surface area contributed by atoms with Crippen molar-refractivity contribution in [1.29, 1.82) is 0 Å². The number of nitrogens with one attached hydrogen (secondary N) is 1. The summed E-state index contributed by atoms with van der Waals surface area (Å²) in [4.78, 5) is 25.0. The number of carbonyl (C=O) groups is 2. The molecule has 0 radical (unpaired) electrons. The van der Waals surface area contributed by atoms with E-state index in [0.29, 0.717) is 12.1 Å². The molecule has 1 aromatic carbocycles. The van der Waals surface area contributed by atoms with Gasteiger partial charge >= 0.3 is 0 Å². The van der Waals surface area contributed by atoms with Crippen LogP contribution in [0.4, 0.5) is 11.4 Å². The predicted octanol–water partition coefficient (Wildman–Crippen LogP) is 2.69. The van der Waals surface area contributed by atoms with Crippen LogP contribution in [0.25, 0.3) is 0 Å². The van der Waals surface area contributed by atoms with E-state index in [1.807, 2.05) is 19.1 Å². The molecule has 0 saturated carbocycles. The molecule has 19 heavy (non-hydrogen) atoms. The van der Waals surface area contributed by atoms with Crippen LogP contribution >= 0.6 is 11.6 Å². The van der Waals surface area contributed by atoms with Gasteiger partial charge in [0.1, 0.15) is 5.38 Å². The van der Waals surface area contributed by atoms with Crippen molar-refractivity contribution in [3.05, 3.63) is 23.8 Å². The normalized spacial score (nSPS) is 16.6. The van der Waals surface area contributed by atoms with Crippen LogP contribution in [-0.4, -0.2) is 23.7 Å². The Kier molecular flexibility index (Phi) is 4.10. The third kappa shape index (κ3) is 3.07. The SMILES string of the molecule is Cc1cc(NC(=O)C(C)Cl)ccc1N1CCCC1=O. The van der Waals surface area contributed by atoms with Gasteiger partial charge in [0.05, 0.1) is 0 Å². The van der Waals surface area contributed by atoms with Gasteiger partial charge in [0.25, 0.3) is 0 Å². The second kappa shape index (κ2) is 5.61. The zero-order valence-electron chi connectivity index (χ0n) is 11.1. The molecular weight excluding hydrogens is 264 g/mol. The molecule has 0 aliphatic carbocycles. The summed E-state index contributed by atoms with van der Waals surface area (Å²) in [6.07, 6.45) is 1.52. The molecule has 0 bridgehead atoms. The molecule has 2 rings (SSSR count). The van der Waals surface area contributed by atoms with Crippen LogP contribution in [0, 0.1) is 6.92 Å². The first-order chi connectivity index (χ1) is 8.99. The van der Waals surface area contributed by atoms with Crippen LogP contribution in [0.3, 0.4) is 0 Å². The number of benzene rings is 1. The predicted molar refractivity (Wildman–Crippen MR) is 76.7 cm³/mol. The summed E-state index contributed by atoms with van der Waals surface area (Å²) in [5, 5.41) is 2.17. The fourth-order valence-electron chi connectivity index (χ4n) is 2.18. The molecule has 1 N–H and O–H groups in total. The largest absolute Gasteiger partial charge is 0.325 e. The Hall–Kier alpha value is -1.55. The van der Waals surface area contributed by atoms with Crippen molar-refractivity contribution in [1.82, 2.24) is 0 Å². The second-order valence-electron chi connectivity index (χ2n) is 4.76. The van der Waals surface area contributed by atoms with E-state index in [0.717, 1.165) is 24.2 Å². The lowest BCUT2D eigenvalue weighted by Crippen LogP contribution is -2.25. The first-order valence-corrected chi connectivity index (χ1v) is 6.78. The number of carbonyl (C=O) groups excluding carboxylic acids is 2. The van der Waals surface area contributed by atoms with E-state index in [4.69, 9.17) is 11.6 Å². The van der Waals surface area contributed by atoms with Gasteiger partial charge < -0.3 is 10.2 Å². The summed E-state index contributed by atoms with van der Waals surface area (Å²) >= 11 is 5.71. The zero-order chi connectivity index (χ0) is 14.0. The van der Waals surface area contributed by atoms with Crippen LogP contribution in [0.5, 0.6) is 0 Å². The Morgan fingerprint density at radius 1 is 1.47 bits per heavy atom. The number of alkyl halides is 1. The minimum Gasteiger partial charge on any atom is -0.325 e. The van der Waals surface area contributed by atoms with E-state index >= 15 is 0 Å². The number of hydrogen-bond donors (Lipinski definition) is 1. The molecule has 2 amide bonds. The number of nitrogens with zero attached hydrogens (tertiary/aromatic N) is 1. The molecule has 4 nitrogen and oxygen atoms in total. The van der Waals surface area contributed by atoms with Crippen molar-refractivity contribution in [3.63, 3.8) is 0 Å². The van der Waals surface area contributed by atoms with Gasteiger partial charge in [-0.15, -0.1) is 11.6 Å². The molecule has 1 unspecified atom stereocenters. The van der Waals surface area contributed by atoms with Crippen molar-refractivity contribution >= 4 is 34.8 Å². The molecule has 102 valence electrons. The highest BCUT2D eigenvalue weighted by Gasteiger charge is 2.23. The average molecular weight is 281 g/mol. The maximum Gasteiger partial charge on any atom is 0.242 e. The highest BCUT2D eigenvalue weighted by Crippen LogP contribution is 2.27. The quantitative estimate of drug-likeness (QED) is 0.866. The van der Waals surface area contributed by atoms with Gasteiger partial charge in [0.15, 0.2) is 0 Å². The molecule has 1 fully saturated rings. The maximum absolute atomic E-state index is 11.7. The number of anilines is 2. The third-order valence-electron chi connectivity index (χ3n) is 3.19. The summed E-state index contributed by atoms with van der Waals surface area (Å²) in [6, 6.07) is 5.52. The van der Waals surface area contributed by atoms with E-state index in [-0.39, 0.29) is 11.8 Å². The standard InChI is InChI=1S/C14H17ClN2O2/c1-9-8-11(16-14(19)10(2)15)5-6-12(9)17-7-3-4-13(17)18/h5-6,8,10H,3-4,7H2,1-2H3,(H,16,19). The van der Waals surface area contributed by atoms with E-state index in [2.05, 4.69) is 5.32 Å². The van der Waals surface area contributed by atoms with Gasteiger partial charge in [-0.05, 0) is 44.0 Å². The van der Waals surface area contributed by atoms with E-state index in [1.54, 1.807) is 17.9 Å². The fourth-order valence-corrected chi connectivity index (χ4v) is 2.24. The van der Waals surface area contributed by atoms with Crippen molar-refractivity contribution in [3.8, 4) is 0 Å². The van der Waals surface area contributed by atoms with Gasteiger partial charge in [0.2, 0.25) is 11.8 Å². The molecular formula is C14H17ClN2O2. The Balaban J connectivity index is 2.17. The smallest absolute Gasteiger partial charge is 0.242 e. The molecule has 0 aromatic heterocycles. The summed E-state index contributed by atoms with van der Waals surface area (Å²) < 4.78 is 0. The molecule has 1 atom stereocenters. The van der Waals surface area contributed by atoms with Gasteiger partial charge in [-0.25, -0.2) is 0 Å². The second-order valence-corrected chi connectivity index (χ2v) is 5.41.